The van der Waals surface area contributed by atoms with E-state index in [-0.39, 0.29) is 39.9 Å². The molecule has 1 amide bonds. The van der Waals surface area contributed by atoms with Gasteiger partial charge in [0.05, 0.1) is 23.1 Å². The average molecular weight is 559 g/mol. The van der Waals surface area contributed by atoms with E-state index in [1.54, 1.807) is 48.5 Å². The van der Waals surface area contributed by atoms with E-state index in [2.05, 4.69) is 10.5 Å². The van der Waals surface area contributed by atoms with E-state index in [1.807, 2.05) is 0 Å². The summed E-state index contributed by atoms with van der Waals surface area (Å²) in [5.41, 5.74) is 2.53. The van der Waals surface area contributed by atoms with Crippen LogP contribution in [-0.4, -0.2) is 75.5 Å². The summed E-state index contributed by atoms with van der Waals surface area (Å²) in [7, 11) is -6.75. The number of aromatic hydroxyl groups is 1. The molecule has 0 aromatic heterocycles. The predicted molar refractivity (Wildman–Crippen MR) is 140 cm³/mol. The van der Waals surface area contributed by atoms with Gasteiger partial charge < -0.3 is 9.84 Å². The fraction of sp³-hybridized carbons (Fsp3) is 0.200. The molecule has 1 heterocycles. The lowest BCUT2D eigenvalue weighted by molar-refractivity contribution is -0.125. The maximum absolute atomic E-state index is 13.4. The molecule has 38 heavy (non-hydrogen) atoms. The van der Waals surface area contributed by atoms with Crippen molar-refractivity contribution in [3.63, 3.8) is 0 Å². The van der Waals surface area contributed by atoms with Crippen molar-refractivity contribution in [2.45, 2.75) is 15.8 Å². The van der Waals surface area contributed by atoms with Crippen LogP contribution in [0.2, 0.25) is 0 Å². The van der Waals surface area contributed by atoms with Crippen molar-refractivity contribution < 1.29 is 31.5 Å². The molecule has 4 rings (SSSR count). The lowest BCUT2D eigenvalue weighted by atomic mass is 10.2. The molecule has 0 bridgehead atoms. The molecule has 1 aliphatic heterocycles. The van der Waals surface area contributed by atoms with Gasteiger partial charge in [-0.1, -0.05) is 42.5 Å². The van der Waals surface area contributed by atoms with Gasteiger partial charge in [0.2, 0.25) is 20.0 Å². The monoisotopic (exact) mass is 558 g/mol. The highest BCUT2D eigenvalue weighted by atomic mass is 32.2. The van der Waals surface area contributed by atoms with Crippen molar-refractivity contribution in [2.24, 2.45) is 5.10 Å². The van der Waals surface area contributed by atoms with Gasteiger partial charge in [0, 0.05) is 25.2 Å². The Morgan fingerprint density at radius 2 is 1.53 bits per heavy atom. The number of methoxy groups -OCH3 is 1. The van der Waals surface area contributed by atoms with Crippen LogP contribution in [0.5, 0.6) is 11.5 Å². The van der Waals surface area contributed by atoms with Crippen molar-refractivity contribution in [2.75, 3.05) is 26.7 Å². The highest BCUT2D eigenvalue weighted by molar-refractivity contribution is 7.89. The lowest BCUT2D eigenvalue weighted by Gasteiger charge is -2.38. The Labute approximate surface area is 221 Å². The Morgan fingerprint density at radius 3 is 2.13 bits per heavy atom. The quantitative estimate of drug-likeness (QED) is 0.316. The first-order chi connectivity index (χ1) is 18.2. The molecule has 200 valence electrons. The second-order valence-corrected chi connectivity index (χ2v) is 12.1. The minimum Gasteiger partial charge on any atom is -0.504 e. The third kappa shape index (κ3) is 5.55. The molecule has 1 aliphatic rings. The smallest absolute Gasteiger partial charge is 0.259 e. The van der Waals surface area contributed by atoms with Gasteiger partial charge in [-0.25, -0.2) is 22.3 Å². The molecule has 0 aliphatic carbocycles. The third-order valence-electron chi connectivity index (χ3n) is 5.96. The number of benzene rings is 3. The summed E-state index contributed by atoms with van der Waals surface area (Å²) in [6.07, 6.45) is 1.17. The van der Waals surface area contributed by atoms with Gasteiger partial charge in [-0.3, -0.25) is 4.79 Å². The Morgan fingerprint density at radius 1 is 0.921 bits per heavy atom. The number of rotatable bonds is 8. The number of amides is 1. The topological polar surface area (TPSA) is 146 Å². The largest absolute Gasteiger partial charge is 0.504 e. The van der Waals surface area contributed by atoms with Crippen LogP contribution in [0.1, 0.15) is 5.56 Å². The second kappa shape index (κ2) is 11.3. The van der Waals surface area contributed by atoms with Crippen molar-refractivity contribution in [3.05, 3.63) is 84.4 Å². The van der Waals surface area contributed by atoms with E-state index in [0.29, 0.717) is 0 Å². The molecule has 1 saturated heterocycles. The van der Waals surface area contributed by atoms with Gasteiger partial charge in [-0.05, 0) is 36.4 Å². The summed E-state index contributed by atoms with van der Waals surface area (Å²) in [6.45, 7) is -0.815. The molecule has 3 aromatic carbocycles. The van der Waals surface area contributed by atoms with Crippen LogP contribution < -0.4 is 10.2 Å². The molecular formula is C25H26N4O7S2. The number of nitrogens with zero attached hydrogens (tertiary/aromatic N) is 3. The first-order valence-corrected chi connectivity index (χ1v) is 14.3. The fourth-order valence-corrected chi connectivity index (χ4v) is 7.03. The summed E-state index contributed by atoms with van der Waals surface area (Å²) in [5.74, 6) is -0.829. The van der Waals surface area contributed by atoms with E-state index < -0.39 is 38.5 Å². The molecule has 1 atom stereocenters. The average Bonchev–Trinajstić information content (AvgIpc) is 2.94. The Hall–Kier alpha value is -3.78. The van der Waals surface area contributed by atoms with Crippen molar-refractivity contribution in [3.8, 4) is 11.5 Å². The van der Waals surface area contributed by atoms with Crippen molar-refractivity contribution in [1.29, 1.82) is 0 Å². The number of ether oxygens (including phenoxy) is 1. The summed E-state index contributed by atoms with van der Waals surface area (Å²) >= 11 is 0. The number of para-hydroxylation sites is 1. The van der Waals surface area contributed by atoms with E-state index >= 15 is 0 Å². The minimum absolute atomic E-state index is 0.0260. The van der Waals surface area contributed by atoms with Crippen LogP contribution in [0.25, 0.3) is 0 Å². The van der Waals surface area contributed by atoms with Gasteiger partial charge in [-0.15, -0.1) is 0 Å². The third-order valence-corrected chi connectivity index (χ3v) is 9.76. The van der Waals surface area contributed by atoms with E-state index in [1.165, 1.54) is 43.7 Å². The summed E-state index contributed by atoms with van der Waals surface area (Å²) in [4.78, 5) is 13.3. The molecule has 13 heteroatoms. The van der Waals surface area contributed by atoms with Crippen molar-refractivity contribution in [1.82, 2.24) is 14.0 Å². The highest BCUT2D eigenvalue weighted by Gasteiger charge is 2.43. The molecule has 0 spiro atoms. The first kappa shape index (κ1) is 27.3. The van der Waals surface area contributed by atoms with E-state index in [9.17, 15) is 26.7 Å². The summed E-state index contributed by atoms with van der Waals surface area (Å²) in [6, 6.07) is 18.6. The summed E-state index contributed by atoms with van der Waals surface area (Å²) < 4.78 is 60.4. The predicted octanol–water partition coefficient (Wildman–Crippen LogP) is 1.61. The lowest BCUT2D eigenvalue weighted by Crippen LogP contribution is -2.60. The molecular weight excluding hydrogens is 532 g/mol. The van der Waals surface area contributed by atoms with E-state index in [4.69, 9.17) is 4.74 Å². The number of hydrogen-bond donors (Lipinski definition) is 2. The van der Waals surface area contributed by atoms with Gasteiger partial charge in [0.25, 0.3) is 5.91 Å². The number of hydrogen-bond acceptors (Lipinski definition) is 8. The van der Waals surface area contributed by atoms with Crippen LogP contribution >= 0.6 is 0 Å². The Kier molecular flexibility index (Phi) is 8.11. The van der Waals surface area contributed by atoms with Crippen LogP contribution in [-0.2, 0) is 24.8 Å². The molecule has 3 aromatic rings. The highest BCUT2D eigenvalue weighted by Crippen LogP contribution is 2.28. The van der Waals surface area contributed by atoms with Gasteiger partial charge in [0.1, 0.15) is 6.04 Å². The number of carbonyl (C=O) groups is 1. The number of carbonyl (C=O) groups excluding carboxylic acids is 1. The fourth-order valence-electron chi connectivity index (χ4n) is 3.98. The number of piperazine rings is 1. The molecule has 0 saturated carbocycles. The Balaban J connectivity index is 1.63. The molecule has 2 N–H and O–H groups in total. The number of hydrazone groups is 1. The second-order valence-electron chi connectivity index (χ2n) is 8.25. The summed E-state index contributed by atoms with van der Waals surface area (Å²) in [5, 5.41) is 14.1. The first-order valence-electron chi connectivity index (χ1n) is 11.5. The SMILES string of the molecule is COc1cccc(/C=N/NC(=O)[C@@H]2CN(S(=O)(=O)c3ccccc3)CCN2S(=O)(=O)c2ccccc2)c1O. The normalized spacial score (nSPS) is 17.3. The molecule has 11 nitrogen and oxygen atoms in total. The Bertz CT molecular complexity index is 1530. The van der Waals surface area contributed by atoms with Crippen LogP contribution in [0.15, 0.2) is 93.8 Å². The number of phenols is 1. The minimum atomic E-state index is -4.14. The standard InChI is InChI=1S/C25H26N4O7S2/c1-36-23-14-8-9-19(24(23)30)17-26-27-25(31)22-18-28(37(32,33)20-10-4-2-5-11-20)15-16-29(22)38(34,35)21-12-6-3-7-13-21/h2-14,17,22,30H,15-16,18H2,1H3,(H,27,31)/b26-17+/t22-/m0/s1. The van der Waals surface area contributed by atoms with E-state index in [0.717, 1.165) is 8.61 Å². The van der Waals surface area contributed by atoms with Crippen molar-refractivity contribution >= 4 is 32.2 Å². The van der Waals surface area contributed by atoms with Gasteiger partial charge in [-0.2, -0.15) is 13.7 Å². The molecule has 1 fully saturated rings. The number of nitrogens with one attached hydrogen (secondary N) is 1. The van der Waals surface area contributed by atoms with Gasteiger partial charge >= 0.3 is 0 Å². The van der Waals surface area contributed by atoms with Crippen LogP contribution in [0.4, 0.5) is 0 Å². The zero-order chi connectivity index (χ0) is 27.3. The zero-order valence-corrected chi connectivity index (χ0v) is 22.0. The molecule has 0 radical (unpaired) electrons. The van der Waals surface area contributed by atoms with Gasteiger partial charge in [0.15, 0.2) is 11.5 Å². The van der Waals surface area contributed by atoms with Crippen LogP contribution in [0.3, 0.4) is 0 Å². The maximum Gasteiger partial charge on any atom is 0.259 e. The zero-order valence-electron chi connectivity index (χ0n) is 20.3. The number of phenolic OH excluding ortho intramolecular Hbond substituents is 1. The molecule has 0 unspecified atom stereocenters. The van der Waals surface area contributed by atoms with Crippen LogP contribution in [0, 0.1) is 0 Å². The maximum atomic E-state index is 13.4. The number of sulfonamides is 2.